The number of fused-ring (bicyclic) bond motifs is 1. The van der Waals surface area contributed by atoms with Gasteiger partial charge in [0.1, 0.15) is 5.82 Å². The van der Waals surface area contributed by atoms with Crippen LogP contribution in [-0.2, 0) is 4.74 Å². The number of carbonyl (C=O) groups excluding carboxylic acids is 1. The zero-order valence-electron chi connectivity index (χ0n) is 12.8. The Kier molecular flexibility index (Phi) is 4.47. The van der Waals surface area contributed by atoms with E-state index in [1.54, 1.807) is 17.9 Å². The fourth-order valence-corrected chi connectivity index (χ4v) is 3.58. The second kappa shape index (κ2) is 6.54. The van der Waals surface area contributed by atoms with Gasteiger partial charge in [0.15, 0.2) is 0 Å². The maximum absolute atomic E-state index is 13.4. The first-order valence-corrected chi connectivity index (χ1v) is 8.36. The number of rotatable bonds is 2. The molecule has 0 bridgehead atoms. The highest BCUT2D eigenvalue weighted by Gasteiger charge is 2.23. The van der Waals surface area contributed by atoms with Crippen LogP contribution in [0.4, 0.5) is 14.9 Å². The highest BCUT2D eigenvalue weighted by molar-refractivity contribution is 7.16. The Bertz CT molecular complexity index is 784. The summed E-state index contributed by atoms with van der Waals surface area (Å²) in [6.45, 7) is 4.24. The van der Waals surface area contributed by atoms with Gasteiger partial charge in [-0.2, -0.15) is 0 Å². The Morgan fingerprint density at radius 3 is 2.74 bits per heavy atom. The van der Waals surface area contributed by atoms with E-state index in [1.165, 1.54) is 23.5 Å². The van der Waals surface area contributed by atoms with Crippen molar-refractivity contribution in [3.05, 3.63) is 39.6 Å². The van der Waals surface area contributed by atoms with Crippen LogP contribution >= 0.6 is 11.3 Å². The van der Waals surface area contributed by atoms with Crippen LogP contribution in [0.25, 0.3) is 10.1 Å². The third kappa shape index (κ3) is 3.14. The minimum atomic E-state index is -0.411. The van der Waals surface area contributed by atoms with Crippen LogP contribution < -0.4 is 10.3 Å². The molecule has 2 heterocycles. The molecule has 1 fully saturated rings. The lowest BCUT2D eigenvalue weighted by Crippen LogP contribution is -2.49. The smallest absolute Gasteiger partial charge is 0.409 e. The second-order valence-electron chi connectivity index (χ2n) is 5.26. The van der Waals surface area contributed by atoms with Crippen molar-refractivity contribution in [2.45, 2.75) is 6.92 Å². The SMILES string of the molecule is CCOC(=O)N1CCN(c2csc3ccc(F)cc3c2=O)CC1. The van der Waals surface area contributed by atoms with E-state index in [4.69, 9.17) is 4.74 Å². The van der Waals surface area contributed by atoms with Crippen molar-refractivity contribution in [2.24, 2.45) is 0 Å². The van der Waals surface area contributed by atoms with Crippen molar-refractivity contribution in [1.29, 1.82) is 0 Å². The van der Waals surface area contributed by atoms with Gasteiger partial charge in [-0.25, -0.2) is 9.18 Å². The Balaban J connectivity index is 1.81. The number of ether oxygens (including phenoxy) is 1. The highest BCUT2D eigenvalue weighted by atomic mass is 32.1. The van der Waals surface area contributed by atoms with Crippen LogP contribution in [0.2, 0.25) is 0 Å². The van der Waals surface area contributed by atoms with Crippen molar-refractivity contribution >= 4 is 33.2 Å². The molecule has 1 amide bonds. The van der Waals surface area contributed by atoms with Crippen molar-refractivity contribution in [1.82, 2.24) is 4.90 Å². The Morgan fingerprint density at radius 1 is 1.30 bits per heavy atom. The monoisotopic (exact) mass is 336 g/mol. The third-order valence-corrected chi connectivity index (χ3v) is 4.81. The molecular formula is C16H17FN2O3S. The summed E-state index contributed by atoms with van der Waals surface area (Å²) in [5, 5.41) is 2.21. The first-order valence-electron chi connectivity index (χ1n) is 7.48. The number of hydrogen-bond donors (Lipinski definition) is 0. The van der Waals surface area contributed by atoms with E-state index in [1.807, 2.05) is 10.3 Å². The van der Waals surface area contributed by atoms with Crippen LogP contribution in [0.3, 0.4) is 0 Å². The van der Waals surface area contributed by atoms with E-state index in [2.05, 4.69) is 0 Å². The standard InChI is InChI=1S/C16H17FN2O3S/c1-2-22-16(21)19-7-5-18(6-8-19)13-10-23-14-4-3-11(17)9-12(14)15(13)20/h3-4,9-10H,2,5-8H2,1H3. The van der Waals surface area contributed by atoms with Gasteiger partial charge in [0.2, 0.25) is 5.43 Å². The van der Waals surface area contributed by atoms with Crippen molar-refractivity contribution in [3.8, 4) is 0 Å². The molecule has 3 rings (SSSR count). The van der Waals surface area contributed by atoms with Gasteiger partial charge in [-0.15, -0.1) is 11.3 Å². The average Bonchev–Trinajstić information content (AvgIpc) is 2.56. The molecule has 0 aliphatic carbocycles. The average molecular weight is 336 g/mol. The van der Waals surface area contributed by atoms with Crippen LogP contribution in [0.15, 0.2) is 28.4 Å². The molecule has 0 N–H and O–H groups in total. The van der Waals surface area contributed by atoms with Gasteiger partial charge in [0.05, 0.1) is 12.3 Å². The quantitative estimate of drug-likeness (QED) is 0.846. The van der Waals surface area contributed by atoms with Gasteiger partial charge in [-0.05, 0) is 25.1 Å². The molecule has 1 aliphatic heterocycles. The van der Waals surface area contributed by atoms with Gasteiger partial charge in [0.25, 0.3) is 0 Å². The number of nitrogens with zero attached hydrogens (tertiary/aromatic N) is 2. The number of amides is 1. The number of hydrogen-bond acceptors (Lipinski definition) is 5. The van der Waals surface area contributed by atoms with E-state index >= 15 is 0 Å². The lowest BCUT2D eigenvalue weighted by molar-refractivity contribution is 0.105. The Labute approximate surface area is 136 Å². The van der Waals surface area contributed by atoms with Gasteiger partial charge < -0.3 is 14.5 Å². The van der Waals surface area contributed by atoms with Crippen molar-refractivity contribution < 1.29 is 13.9 Å². The lowest BCUT2D eigenvalue weighted by atomic mass is 10.2. The Hall–Kier alpha value is -2.15. The fraction of sp³-hybridized carbons (Fsp3) is 0.375. The summed E-state index contributed by atoms with van der Waals surface area (Å²) in [4.78, 5) is 27.9. The van der Waals surface area contributed by atoms with Gasteiger partial charge >= 0.3 is 6.09 Å². The van der Waals surface area contributed by atoms with Gasteiger partial charge in [-0.3, -0.25) is 4.79 Å². The fourth-order valence-electron chi connectivity index (χ4n) is 2.66. The highest BCUT2D eigenvalue weighted by Crippen LogP contribution is 2.23. The summed E-state index contributed by atoms with van der Waals surface area (Å²) in [6, 6.07) is 4.27. The van der Waals surface area contributed by atoms with Crippen LogP contribution in [-0.4, -0.2) is 43.8 Å². The first-order chi connectivity index (χ1) is 11.1. The van der Waals surface area contributed by atoms with Gasteiger partial charge in [-0.1, -0.05) is 0 Å². The minimum Gasteiger partial charge on any atom is -0.450 e. The van der Waals surface area contributed by atoms with Crippen molar-refractivity contribution in [2.75, 3.05) is 37.7 Å². The number of benzene rings is 1. The molecule has 1 saturated heterocycles. The normalized spacial score (nSPS) is 15.0. The van der Waals surface area contributed by atoms with Crippen LogP contribution in [0.1, 0.15) is 6.92 Å². The third-order valence-electron chi connectivity index (χ3n) is 3.86. The second-order valence-corrected chi connectivity index (χ2v) is 6.17. The van der Waals surface area contributed by atoms with E-state index in [0.29, 0.717) is 43.9 Å². The molecule has 7 heteroatoms. The first kappa shape index (κ1) is 15.7. The number of anilines is 1. The molecule has 0 spiro atoms. The maximum Gasteiger partial charge on any atom is 0.409 e. The predicted octanol–water partition coefficient (Wildman–Crippen LogP) is 2.68. The van der Waals surface area contributed by atoms with E-state index in [0.717, 1.165) is 4.70 Å². The zero-order valence-corrected chi connectivity index (χ0v) is 13.6. The van der Waals surface area contributed by atoms with Crippen LogP contribution in [0, 0.1) is 5.82 Å². The molecule has 0 saturated carbocycles. The predicted molar refractivity (Wildman–Crippen MR) is 88.9 cm³/mol. The summed E-state index contributed by atoms with van der Waals surface area (Å²) >= 11 is 1.42. The zero-order chi connectivity index (χ0) is 16.4. The van der Waals surface area contributed by atoms with E-state index in [-0.39, 0.29) is 11.5 Å². The summed E-state index contributed by atoms with van der Waals surface area (Å²) in [6.07, 6.45) is -0.321. The minimum absolute atomic E-state index is 0.164. The molecule has 0 unspecified atom stereocenters. The molecule has 23 heavy (non-hydrogen) atoms. The van der Waals surface area contributed by atoms with Crippen LogP contribution in [0.5, 0.6) is 0 Å². The topological polar surface area (TPSA) is 49.9 Å². The molecule has 5 nitrogen and oxygen atoms in total. The number of halogens is 1. The molecule has 0 atom stereocenters. The number of carbonyl (C=O) groups is 1. The molecular weight excluding hydrogens is 319 g/mol. The van der Waals surface area contributed by atoms with E-state index < -0.39 is 5.82 Å². The molecule has 1 aromatic heterocycles. The van der Waals surface area contributed by atoms with Gasteiger partial charge in [0, 0.05) is 41.6 Å². The molecule has 2 aromatic rings. The molecule has 1 aromatic carbocycles. The summed E-state index contributed by atoms with van der Waals surface area (Å²) < 4.78 is 19.2. The number of piperazine rings is 1. The largest absolute Gasteiger partial charge is 0.450 e. The lowest BCUT2D eigenvalue weighted by Gasteiger charge is -2.34. The summed E-state index contributed by atoms with van der Waals surface area (Å²) in [7, 11) is 0. The summed E-state index contributed by atoms with van der Waals surface area (Å²) in [5.74, 6) is -0.411. The maximum atomic E-state index is 13.4. The molecule has 1 aliphatic rings. The van der Waals surface area contributed by atoms with Crippen molar-refractivity contribution in [3.63, 3.8) is 0 Å². The Morgan fingerprint density at radius 2 is 2.04 bits per heavy atom. The molecule has 0 radical (unpaired) electrons. The van der Waals surface area contributed by atoms with E-state index in [9.17, 15) is 14.0 Å². The summed E-state index contributed by atoms with van der Waals surface area (Å²) in [5.41, 5.74) is 0.402. The molecule has 122 valence electrons.